The minimum atomic E-state index is -0.628. The molecule has 0 radical (unpaired) electrons. The van der Waals surface area contributed by atoms with Gasteiger partial charge < -0.3 is 15.0 Å². The first-order chi connectivity index (χ1) is 14.1. The molecule has 2 aromatic rings. The minimum Gasteiger partial charge on any atom is -0.478 e. The fourth-order valence-corrected chi connectivity index (χ4v) is 4.30. The highest BCUT2D eigenvalue weighted by Crippen LogP contribution is 2.45. The van der Waals surface area contributed by atoms with E-state index < -0.39 is 11.6 Å². The molecule has 6 nitrogen and oxygen atoms in total. The van der Waals surface area contributed by atoms with E-state index in [2.05, 4.69) is 10.3 Å². The van der Waals surface area contributed by atoms with Crippen LogP contribution in [0, 0.1) is 5.82 Å². The summed E-state index contributed by atoms with van der Waals surface area (Å²) in [5.41, 5.74) is 0.298. The molecule has 2 aliphatic rings. The number of nitrogens with zero attached hydrogens (tertiary/aromatic N) is 2. The third-order valence-corrected chi connectivity index (χ3v) is 5.80. The predicted molar refractivity (Wildman–Crippen MR) is 104 cm³/mol. The molecule has 29 heavy (non-hydrogen) atoms. The highest BCUT2D eigenvalue weighted by molar-refractivity contribution is 5.94. The Morgan fingerprint density at radius 2 is 1.93 bits per heavy atom. The molecule has 1 saturated heterocycles. The van der Waals surface area contributed by atoms with Crippen LogP contribution in [0.25, 0.3) is 0 Å². The van der Waals surface area contributed by atoms with Gasteiger partial charge in [0.25, 0.3) is 5.91 Å². The molecule has 1 unspecified atom stereocenters. The lowest BCUT2D eigenvalue weighted by Gasteiger charge is -2.58. The molecule has 7 heteroatoms. The Hall–Kier alpha value is -2.96. The Kier molecular flexibility index (Phi) is 5.47. The molecule has 1 aromatic carbocycles. The zero-order valence-electron chi connectivity index (χ0n) is 16.1. The molecular weight excluding hydrogens is 373 g/mol. The van der Waals surface area contributed by atoms with Crippen molar-refractivity contribution < 1.29 is 18.7 Å². The van der Waals surface area contributed by atoms with Gasteiger partial charge >= 0.3 is 0 Å². The molecular formula is C22H24FN3O3. The van der Waals surface area contributed by atoms with Crippen molar-refractivity contribution in [3.8, 4) is 5.75 Å². The van der Waals surface area contributed by atoms with E-state index in [0.29, 0.717) is 12.3 Å². The van der Waals surface area contributed by atoms with Gasteiger partial charge in [-0.15, -0.1) is 0 Å². The fraction of sp³-hybridized carbons (Fsp3) is 0.409. The highest BCUT2D eigenvalue weighted by Gasteiger charge is 2.62. The highest BCUT2D eigenvalue weighted by atomic mass is 19.1. The SMILES string of the molecule is O=C(CN1C(=O)C(Oc2ccc(F)cc2)C12CCCCC2)NCc1ccccn1. The Balaban J connectivity index is 1.43. The molecule has 2 fully saturated rings. The third kappa shape index (κ3) is 3.95. The van der Waals surface area contributed by atoms with E-state index in [1.165, 1.54) is 24.3 Å². The third-order valence-electron chi connectivity index (χ3n) is 5.80. The van der Waals surface area contributed by atoms with E-state index in [4.69, 9.17) is 4.74 Å². The van der Waals surface area contributed by atoms with Crippen LogP contribution < -0.4 is 10.1 Å². The molecule has 1 atom stereocenters. The topological polar surface area (TPSA) is 71.5 Å². The molecule has 2 heterocycles. The molecule has 2 amide bonds. The van der Waals surface area contributed by atoms with E-state index in [0.717, 1.165) is 37.8 Å². The number of amides is 2. The number of aromatic nitrogens is 1. The van der Waals surface area contributed by atoms with E-state index in [-0.39, 0.29) is 24.2 Å². The van der Waals surface area contributed by atoms with Crippen molar-refractivity contribution in [3.63, 3.8) is 0 Å². The average molecular weight is 397 g/mol. The van der Waals surface area contributed by atoms with Crippen molar-refractivity contribution >= 4 is 11.8 Å². The number of hydrogen-bond acceptors (Lipinski definition) is 4. The quantitative estimate of drug-likeness (QED) is 0.761. The number of carbonyl (C=O) groups excluding carboxylic acids is 2. The smallest absolute Gasteiger partial charge is 0.267 e. The molecule has 4 rings (SSSR count). The number of likely N-dealkylation sites (tertiary alicyclic amines) is 1. The van der Waals surface area contributed by atoms with Gasteiger partial charge in [-0.05, 0) is 49.2 Å². The van der Waals surface area contributed by atoms with Gasteiger partial charge in [-0.3, -0.25) is 14.6 Å². The predicted octanol–water partition coefficient (Wildman–Crippen LogP) is 2.83. The largest absolute Gasteiger partial charge is 0.478 e. The monoisotopic (exact) mass is 397 g/mol. The summed E-state index contributed by atoms with van der Waals surface area (Å²) in [7, 11) is 0. The number of carbonyl (C=O) groups is 2. The summed E-state index contributed by atoms with van der Waals surface area (Å²) in [6.45, 7) is 0.332. The van der Waals surface area contributed by atoms with Crippen LogP contribution in [0.4, 0.5) is 4.39 Å². The number of β-lactam (4-membered cyclic amide) rings is 1. The standard InChI is InChI=1S/C22H24FN3O3/c23-16-7-9-18(10-8-16)29-20-21(28)26(22(20)11-3-1-4-12-22)15-19(27)25-14-17-6-2-5-13-24-17/h2,5-10,13,20H,1,3-4,11-12,14-15H2,(H,25,27). The van der Waals surface area contributed by atoms with Crippen molar-refractivity contribution in [2.24, 2.45) is 0 Å². The second-order valence-electron chi connectivity index (χ2n) is 7.64. The molecule has 1 aromatic heterocycles. The van der Waals surface area contributed by atoms with Crippen molar-refractivity contribution in [2.75, 3.05) is 6.54 Å². The van der Waals surface area contributed by atoms with Gasteiger partial charge in [0.2, 0.25) is 5.91 Å². The van der Waals surface area contributed by atoms with Crippen LogP contribution in [0.3, 0.4) is 0 Å². The maximum atomic E-state index is 13.2. The van der Waals surface area contributed by atoms with E-state index in [1.807, 2.05) is 18.2 Å². The number of rotatable bonds is 6. The number of nitrogens with one attached hydrogen (secondary N) is 1. The minimum absolute atomic E-state index is 0.00887. The first-order valence-electron chi connectivity index (χ1n) is 9.99. The molecule has 1 saturated carbocycles. The lowest BCUT2D eigenvalue weighted by Crippen LogP contribution is -2.77. The van der Waals surface area contributed by atoms with Gasteiger partial charge in [0, 0.05) is 6.20 Å². The zero-order valence-corrected chi connectivity index (χ0v) is 16.1. The number of hydrogen-bond donors (Lipinski definition) is 1. The number of halogens is 1. The summed E-state index contributed by atoms with van der Waals surface area (Å²) in [6, 6.07) is 11.2. The van der Waals surface area contributed by atoms with E-state index in [1.54, 1.807) is 11.1 Å². The van der Waals surface area contributed by atoms with Crippen LogP contribution in [-0.4, -0.2) is 39.9 Å². The molecule has 0 bridgehead atoms. The summed E-state index contributed by atoms with van der Waals surface area (Å²) in [6.07, 6.45) is 5.74. The average Bonchev–Trinajstić information content (AvgIpc) is 2.77. The molecule has 1 spiro atoms. The van der Waals surface area contributed by atoms with Gasteiger partial charge in [0.1, 0.15) is 18.1 Å². The molecule has 1 aliphatic carbocycles. The summed E-state index contributed by atoms with van der Waals surface area (Å²) >= 11 is 0. The Bertz CT molecular complexity index is 867. The summed E-state index contributed by atoms with van der Waals surface area (Å²) in [5.74, 6) is -0.289. The van der Waals surface area contributed by atoms with Crippen LogP contribution in [0.1, 0.15) is 37.8 Å². The van der Waals surface area contributed by atoms with E-state index in [9.17, 15) is 14.0 Å². The number of benzene rings is 1. The van der Waals surface area contributed by atoms with Crippen LogP contribution in [0.15, 0.2) is 48.7 Å². The Morgan fingerprint density at radius 3 is 2.62 bits per heavy atom. The van der Waals surface area contributed by atoms with Crippen molar-refractivity contribution in [1.29, 1.82) is 0 Å². The van der Waals surface area contributed by atoms with Gasteiger partial charge in [0.15, 0.2) is 6.10 Å². The molecule has 1 N–H and O–H groups in total. The normalized spacial score (nSPS) is 20.2. The lowest BCUT2D eigenvalue weighted by atomic mass is 9.70. The van der Waals surface area contributed by atoms with Gasteiger partial charge in [0.05, 0.1) is 17.8 Å². The Morgan fingerprint density at radius 1 is 1.17 bits per heavy atom. The first-order valence-corrected chi connectivity index (χ1v) is 9.99. The van der Waals surface area contributed by atoms with Gasteiger partial charge in [-0.1, -0.05) is 25.3 Å². The Labute approximate surface area is 169 Å². The van der Waals surface area contributed by atoms with Crippen molar-refractivity contribution in [3.05, 3.63) is 60.2 Å². The fourth-order valence-electron chi connectivity index (χ4n) is 4.30. The molecule has 1 aliphatic heterocycles. The van der Waals surface area contributed by atoms with Gasteiger partial charge in [-0.2, -0.15) is 0 Å². The van der Waals surface area contributed by atoms with Crippen molar-refractivity contribution in [2.45, 2.75) is 50.3 Å². The van der Waals surface area contributed by atoms with Crippen LogP contribution in [0.2, 0.25) is 0 Å². The second kappa shape index (κ2) is 8.19. The van der Waals surface area contributed by atoms with Crippen LogP contribution >= 0.6 is 0 Å². The second-order valence-corrected chi connectivity index (χ2v) is 7.64. The first kappa shape index (κ1) is 19.4. The number of ether oxygens (including phenoxy) is 1. The van der Waals surface area contributed by atoms with Crippen molar-refractivity contribution in [1.82, 2.24) is 15.2 Å². The summed E-state index contributed by atoms with van der Waals surface area (Å²) < 4.78 is 19.1. The zero-order chi connectivity index (χ0) is 20.3. The maximum Gasteiger partial charge on any atom is 0.267 e. The lowest BCUT2D eigenvalue weighted by molar-refractivity contribution is -0.187. The van der Waals surface area contributed by atoms with Crippen LogP contribution in [0.5, 0.6) is 5.75 Å². The maximum absolute atomic E-state index is 13.2. The van der Waals surface area contributed by atoms with Gasteiger partial charge in [-0.25, -0.2) is 4.39 Å². The number of pyridine rings is 1. The van der Waals surface area contributed by atoms with E-state index >= 15 is 0 Å². The van der Waals surface area contributed by atoms with Crippen LogP contribution in [-0.2, 0) is 16.1 Å². The summed E-state index contributed by atoms with van der Waals surface area (Å²) in [4.78, 5) is 31.2. The molecule has 152 valence electrons. The summed E-state index contributed by atoms with van der Waals surface area (Å²) in [5, 5.41) is 2.83.